The zero-order valence-electron chi connectivity index (χ0n) is 16.5. The Morgan fingerprint density at radius 2 is 1.46 bits per heavy atom. The van der Waals surface area contributed by atoms with Gasteiger partial charge >= 0.3 is 6.09 Å². The summed E-state index contributed by atoms with van der Waals surface area (Å²) in [5.74, 6) is 0. The molecule has 0 aromatic heterocycles. The normalized spacial score (nSPS) is 12.8. The molecule has 24 heavy (non-hydrogen) atoms. The van der Waals surface area contributed by atoms with Crippen LogP contribution in [0.25, 0.3) is 0 Å². The highest BCUT2D eigenvalue weighted by molar-refractivity contribution is 5.65. The molecule has 0 spiro atoms. The fourth-order valence-electron chi connectivity index (χ4n) is 1.82. The molecule has 1 amide bonds. The number of carbonyl (C=O) groups excluding carboxylic acids is 1. The monoisotopic (exact) mass is 337 g/mol. The lowest BCUT2D eigenvalue weighted by molar-refractivity contribution is -0.0652. The summed E-state index contributed by atoms with van der Waals surface area (Å²) in [4.78, 5) is 16.6. The van der Waals surface area contributed by atoms with Crippen molar-refractivity contribution in [3.63, 3.8) is 0 Å². The molecule has 138 valence electrons. The number of amides is 1. The van der Waals surface area contributed by atoms with Crippen molar-refractivity contribution in [2.24, 2.45) is 0 Å². The van der Waals surface area contributed by atoms with E-state index in [0.29, 0.717) is 0 Å². The van der Waals surface area contributed by atoms with E-state index in [0.717, 1.165) is 25.7 Å². The molecule has 0 aliphatic carbocycles. The van der Waals surface area contributed by atoms with Gasteiger partial charge in [-0.1, -0.05) is 28.9 Å². The van der Waals surface area contributed by atoms with Crippen molar-refractivity contribution in [2.75, 3.05) is 6.61 Å². The number of hydrogen-bond acceptors (Lipinski definition) is 3. The van der Waals surface area contributed by atoms with Gasteiger partial charge in [0.25, 0.3) is 0 Å². The topological polar surface area (TPSA) is 47.6 Å². The van der Waals surface area contributed by atoms with Crippen molar-refractivity contribution < 1.29 is 14.4 Å². The second-order valence-electron chi connectivity index (χ2n) is 7.37. The van der Waals surface area contributed by atoms with Gasteiger partial charge in [0.1, 0.15) is 6.61 Å². The second kappa shape index (κ2) is 11.9. The van der Waals surface area contributed by atoms with Gasteiger partial charge in [0.05, 0.1) is 5.60 Å². The van der Waals surface area contributed by atoms with Gasteiger partial charge < -0.3 is 4.74 Å². The zero-order valence-corrected chi connectivity index (χ0v) is 16.5. The molecule has 0 unspecified atom stereocenters. The van der Waals surface area contributed by atoms with Gasteiger partial charge in [-0.3, -0.25) is 4.84 Å². The number of rotatable bonds is 9. The molecule has 4 nitrogen and oxygen atoms in total. The van der Waals surface area contributed by atoms with Crippen LogP contribution >= 0.6 is 0 Å². The molecule has 1 N–H and O–H groups in total. The largest absolute Gasteiger partial charge is 0.444 e. The highest BCUT2D eigenvalue weighted by Crippen LogP contribution is 2.11. The van der Waals surface area contributed by atoms with Crippen LogP contribution in [0.4, 0.5) is 4.79 Å². The number of allylic oxidation sites excluding steroid dienone is 5. The van der Waals surface area contributed by atoms with Gasteiger partial charge in [-0.05, 0) is 80.2 Å². The number of hydroxylamine groups is 1. The highest BCUT2D eigenvalue weighted by atomic mass is 16.7. The Balaban J connectivity index is 3.94. The number of nitrogens with one attached hydrogen (secondary N) is 1. The summed E-state index contributed by atoms with van der Waals surface area (Å²) in [7, 11) is 0. The summed E-state index contributed by atoms with van der Waals surface area (Å²) in [6, 6.07) is 0. The molecule has 0 fully saturated rings. The average Bonchev–Trinajstić information content (AvgIpc) is 2.44. The molecule has 0 bridgehead atoms. The van der Waals surface area contributed by atoms with E-state index in [9.17, 15) is 4.79 Å². The molecular weight excluding hydrogens is 302 g/mol. The van der Waals surface area contributed by atoms with E-state index in [1.807, 2.05) is 26.8 Å². The summed E-state index contributed by atoms with van der Waals surface area (Å²) in [5.41, 5.74) is 5.86. The average molecular weight is 338 g/mol. The first-order valence-electron chi connectivity index (χ1n) is 8.65. The highest BCUT2D eigenvalue weighted by Gasteiger charge is 2.12. The minimum Gasteiger partial charge on any atom is -0.444 e. The number of ether oxygens (including phenoxy) is 1. The van der Waals surface area contributed by atoms with E-state index in [1.54, 1.807) is 0 Å². The molecule has 0 atom stereocenters. The fourth-order valence-corrected chi connectivity index (χ4v) is 1.82. The van der Waals surface area contributed by atoms with Gasteiger partial charge in [0.2, 0.25) is 0 Å². The van der Waals surface area contributed by atoms with Crippen LogP contribution in [0.2, 0.25) is 0 Å². The van der Waals surface area contributed by atoms with Crippen molar-refractivity contribution in [2.45, 2.75) is 79.8 Å². The Morgan fingerprint density at radius 3 is 2.00 bits per heavy atom. The summed E-state index contributed by atoms with van der Waals surface area (Å²) in [6.45, 7) is 14.3. The predicted octanol–water partition coefficient (Wildman–Crippen LogP) is 5.86. The molecule has 0 saturated carbocycles. The van der Waals surface area contributed by atoms with Crippen molar-refractivity contribution in [3.05, 3.63) is 34.9 Å². The summed E-state index contributed by atoms with van der Waals surface area (Å²) in [6.07, 6.45) is 10.2. The van der Waals surface area contributed by atoms with E-state index in [2.05, 4.69) is 45.3 Å². The smallest absolute Gasteiger partial charge is 0.431 e. The number of carbonyl (C=O) groups is 1. The maximum Gasteiger partial charge on any atom is 0.431 e. The molecule has 0 aromatic carbocycles. The Kier molecular flexibility index (Phi) is 11.1. The Morgan fingerprint density at radius 1 is 0.917 bits per heavy atom. The van der Waals surface area contributed by atoms with Crippen LogP contribution in [0.5, 0.6) is 0 Å². The lowest BCUT2D eigenvalue weighted by atomic mass is 10.1. The Labute approximate surface area is 147 Å². The SMILES string of the molecule is CC(C)=CCC/C(C)=C\CC/C(C)=C\COC(=O)NOC(C)(C)C. The predicted molar refractivity (Wildman–Crippen MR) is 101 cm³/mol. The third-order valence-electron chi connectivity index (χ3n) is 3.21. The Hall–Kier alpha value is -1.55. The van der Waals surface area contributed by atoms with E-state index in [4.69, 9.17) is 9.57 Å². The first kappa shape index (κ1) is 22.4. The second-order valence-corrected chi connectivity index (χ2v) is 7.37. The van der Waals surface area contributed by atoms with Crippen LogP contribution in [0, 0.1) is 0 Å². The van der Waals surface area contributed by atoms with Gasteiger partial charge in [-0.25, -0.2) is 4.79 Å². The van der Waals surface area contributed by atoms with E-state index >= 15 is 0 Å². The first-order valence-corrected chi connectivity index (χ1v) is 8.65. The standard InChI is InChI=1S/C20H35NO3/c1-16(2)10-8-11-17(3)12-9-13-18(4)14-15-23-19(22)21-24-20(5,6)7/h10,12,14H,8-9,11,13,15H2,1-7H3,(H,21,22)/b17-12-,18-14-. The van der Waals surface area contributed by atoms with Crippen molar-refractivity contribution >= 4 is 6.09 Å². The van der Waals surface area contributed by atoms with Gasteiger partial charge in [-0.2, -0.15) is 5.48 Å². The fraction of sp³-hybridized carbons (Fsp3) is 0.650. The van der Waals surface area contributed by atoms with Crippen molar-refractivity contribution in [1.29, 1.82) is 0 Å². The lowest BCUT2D eigenvalue weighted by Gasteiger charge is -2.18. The van der Waals surface area contributed by atoms with E-state index < -0.39 is 11.7 Å². The first-order chi connectivity index (χ1) is 11.1. The van der Waals surface area contributed by atoms with Gasteiger partial charge in [-0.15, -0.1) is 0 Å². The molecule has 0 aromatic rings. The minimum absolute atomic E-state index is 0.258. The quantitative estimate of drug-likeness (QED) is 0.423. The summed E-state index contributed by atoms with van der Waals surface area (Å²) in [5, 5.41) is 0. The summed E-state index contributed by atoms with van der Waals surface area (Å²) >= 11 is 0. The van der Waals surface area contributed by atoms with Crippen LogP contribution in [-0.4, -0.2) is 18.3 Å². The maximum atomic E-state index is 11.4. The van der Waals surface area contributed by atoms with Crippen LogP contribution in [0.3, 0.4) is 0 Å². The van der Waals surface area contributed by atoms with Crippen molar-refractivity contribution in [3.8, 4) is 0 Å². The zero-order chi connectivity index (χ0) is 18.6. The molecule has 0 saturated heterocycles. The van der Waals surface area contributed by atoms with Gasteiger partial charge in [0.15, 0.2) is 0 Å². The maximum absolute atomic E-state index is 11.4. The van der Waals surface area contributed by atoms with Crippen LogP contribution in [-0.2, 0) is 9.57 Å². The molecule has 0 radical (unpaired) electrons. The third-order valence-corrected chi connectivity index (χ3v) is 3.21. The van der Waals surface area contributed by atoms with E-state index in [1.165, 1.54) is 16.7 Å². The molecular formula is C20H35NO3. The van der Waals surface area contributed by atoms with Crippen LogP contribution < -0.4 is 5.48 Å². The lowest BCUT2D eigenvalue weighted by Crippen LogP contribution is -2.33. The Bertz CT molecular complexity index is 464. The minimum atomic E-state index is -0.566. The van der Waals surface area contributed by atoms with Gasteiger partial charge in [0, 0.05) is 0 Å². The number of hydrogen-bond donors (Lipinski definition) is 1. The molecule has 0 aliphatic rings. The van der Waals surface area contributed by atoms with E-state index in [-0.39, 0.29) is 6.61 Å². The molecule has 4 heteroatoms. The third kappa shape index (κ3) is 15.3. The summed E-state index contributed by atoms with van der Waals surface area (Å²) < 4.78 is 5.04. The molecule has 0 aliphatic heterocycles. The van der Waals surface area contributed by atoms with Crippen molar-refractivity contribution in [1.82, 2.24) is 5.48 Å². The molecule has 0 rings (SSSR count). The molecule has 0 heterocycles. The van der Waals surface area contributed by atoms with Crippen LogP contribution in [0.1, 0.15) is 74.1 Å². The van der Waals surface area contributed by atoms with Crippen LogP contribution in [0.15, 0.2) is 34.9 Å².